The zero-order valence-electron chi connectivity index (χ0n) is 14.1. The summed E-state index contributed by atoms with van der Waals surface area (Å²) in [5.41, 5.74) is 5.25. The molecule has 1 saturated carbocycles. The van der Waals surface area contributed by atoms with E-state index in [9.17, 15) is 4.79 Å². The van der Waals surface area contributed by atoms with Crippen molar-refractivity contribution in [2.45, 2.75) is 70.1 Å². The van der Waals surface area contributed by atoms with Crippen molar-refractivity contribution >= 4 is 5.91 Å². The van der Waals surface area contributed by atoms with Crippen LogP contribution in [0.4, 0.5) is 0 Å². The molecule has 1 saturated heterocycles. The Morgan fingerprint density at radius 3 is 2.67 bits per heavy atom. The van der Waals surface area contributed by atoms with Gasteiger partial charge in [0, 0.05) is 37.8 Å². The molecule has 3 N–H and O–H groups in total. The number of likely N-dealkylation sites (N-methyl/N-ethyl adjacent to an activating group) is 1. The zero-order valence-corrected chi connectivity index (χ0v) is 14.1. The lowest BCUT2D eigenvalue weighted by Gasteiger charge is -2.47. The lowest BCUT2D eigenvalue weighted by atomic mass is 9.77. The van der Waals surface area contributed by atoms with Crippen molar-refractivity contribution in [3.63, 3.8) is 0 Å². The van der Waals surface area contributed by atoms with Gasteiger partial charge >= 0.3 is 0 Å². The minimum Gasteiger partial charge on any atom is -0.368 e. The fourth-order valence-corrected chi connectivity index (χ4v) is 3.94. The van der Waals surface area contributed by atoms with E-state index in [1.807, 2.05) is 0 Å². The molecule has 1 aliphatic carbocycles. The molecule has 21 heavy (non-hydrogen) atoms. The molecule has 1 aliphatic heterocycles. The number of carbonyl (C=O) groups excluding carboxylic acids is 1. The summed E-state index contributed by atoms with van der Waals surface area (Å²) in [5.74, 6) is -0.178. The molecule has 0 spiro atoms. The molecule has 1 amide bonds. The standard InChI is InChI=1S/C16H32N4O/c1-12(2)18-16(15(17)21)7-5-6-14(10-16)20-9-8-19(4)13(3)11-20/h12-14,18H,5-11H2,1-4H3,(H2,17,21). The van der Waals surface area contributed by atoms with Gasteiger partial charge in [0.1, 0.15) is 0 Å². The number of nitrogens with two attached hydrogens (primary N) is 1. The van der Waals surface area contributed by atoms with E-state index < -0.39 is 5.54 Å². The maximum atomic E-state index is 12.1. The molecule has 0 bridgehead atoms. The summed E-state index contributed by atoms with van der Waals surface area (Å²) in [6.07, 6.45) is 4.00. The number of carbonyl (C=O) groups is 1. The average Bonchev–Trinajstić information content (AvgIpc) is 2.41. The van der Waals surface area contributed by atoms with Crippen molar-refractivity contribution in [1.82, 2.24) is 15.1 Å². The predicted molar refractivity (Wildman–Crippen MR) is 86.1 cm³/mol. The molecule has 3 atom stereocenters. The fourth-order valence-electron chi connectivity index (χ4n) is 3.94. The maximum absolute atomic E-state index is 12.1. The Hall–Kier alpha value is -0.650. The van der Waals surface area contributed by atoms with Gasteiger partial charge in [-0.25, -0.2) is 0 Å². The van der Waals surface area contributed by atoms with Crippen LogP contribution in [0.15, 0.2) is 0 Å². The van der Waals surface area contributed by atoms with E-state index in [1.165, 1.54) is 6.42 Å². The van der Waals surface area contributed by atoms with Crippen LogP contribution in [0.5, 0.6) is 0 Å². The minimum atomic E-state index is -0.510. The van der Waals surface area contributed by atoms with Crippen molar-refractivity contribution in [3.8, 4) is 0 Å². The van der Waals surface area contributed by atoms with Crippen LogP contribution in [-0.2, 0) is 4.79 Å². The van der Waals surface area contributed by atoms with Gasteiger partial charge in [0.05, 0.1) is 5.54 Å². The fraction of sp³-hybridized carbons (Fsp3) is 0.938. The van der Waals surface area contributed by atoms with E-state index in [0.717, 1.165) is 38.9 Å². The molecule has 122 valence electrons. The van der Waals surface area contributed by atoms with Gasteiger partial charge in [0.2, 0.25) is 5.91 Å². The van der Waals surface area contributed by atoms with E-state index in [4.69, 9.17) is 5.73 Å². The van der Waals surface area contributed by atoms with E-state index in [0.29, 0.717) is 12.1 Å². The summed E-state index contributed by atoms with van der Waals surface area (Å²) in [4.78, 5) is 17.1. The lowest BCUT2D eigenvalue weighted by Crippen LogP contribution is -2.63. The van der Waals surface area contributed by atoms with Gasteiger partial charge in [-0.05, 0) is 53.5 Å². The van der Waals surface area contributed by atoms with Gasteiger partial charge in [-0.2, -0.15) is 0 Å². The second-order valence-electron chi connectivity index (χ2n) is 7.32. The first kappa shape index (κ1) is 16.7. The largest absolute Gasteiger partial charge is 0.368 e. The van der Waals surface area contributed by atoms with Crippen LogP contribution in [-0.4, -0.2) is 66.1 Å². The van der Waals surface area contributed by atoms with Gasteiger partial charge in [0.25, 0.3) is 0 Å². The molecule has 0 aromatic heterocycles. The van der Waals surface area contributed by atoms with Crippen LogP contribution in [0.1, 0.15) is 46.5 Å². The zero-order chi connectivity index (χ0) is 15.6. The first-order valence-electron chi connectivity index (χ1n) is 8.36. The molecule has 2 rings (SSSR count). The molecule has 5 nitrogen and oxygen atoms in total. The highest BCUT2D eigenvalue weighted by Crippen LogP contribution is 2.32. The van der Waals surface area contributed by atoms with Gasteiger partial charge in [-0.3, -0.25) is 9.69 Å². The van der Waals surface area contributed by atoms with Crippen LogP contribution < -0.4 is 11.1 Å². The molecular formula is C16H32N4O. The highest BCUT2D eigenvalue weighted by atomic mass is 16.1. The van der Waals surface area contributed by atoms with Crippen molar-refractivity contribution in [2.24, 2.45) is 5.73 Å². The Kier molecular flexibility index (Phi) is 5.28. The monoisotopic (exact) mass is 296 g/mol. The third-order valence-electron chi connectivity index (χ3n) is 5.27. The Balaban J connectivity index is 2.06. The average molecular weight is 296 g/mol. The Morgan fingerprint density at radius 2 is 2.10 bits per heavy atom. The van der Waals surface area contributed by atoms with E-state index in [-0.39, 0.29) is 11.9 Å². The Morgan fingerprint density at radius 1 is 1.38 bits per heavy atom. The van der Waals surface area contributed by atoms with E-state index in [1.54, 1.807) is 0 Å². The first-order valence-corrected chi connectivity index (χ1v) is 8.36. The van der Waals surface area contributed by atoms with Gasteiger partial charge in [-0.15, -0.1) is 0 Å². The molecule has 0 aromatic carbocycles. The summed E-state index contributed by atoms with van der Waals surface area (Å²) in [7, 11) is 2.19. The van der Waals surface area contributed by atoms with Crippen LogP contribution >= 0.6 is 0 Å². The molecule has 2 fully saturated rings. The number of rotatable bonds is 4. The van der Waals surface area contributed by atoms with Crippen LogP contribution in [0, 0.1) is 0 Å². The Bertz CT molecular complexity index is 373. The van der Waals surface area contributed by atoms with Gasteiger partial charge in [-0.1, -0.05) is 0 Å². The number of primary amides is 1. The third-order valence-corrected chi connectivity index (χ3v) is 5.27. The van der Waals surface area contributed by atoms with Crippen molar-refractivity contribution in [1.29, 1.82) is 0 Å². The summed E-state index contributed by atoms with van der Waals surface area (Å²) in [6.45, 7) is 9.76. The molecule has 0 radical (unpaired) electrons. The normalized spacial score (nSPS) is 36.0. The van der Waals surface area contributed by atoms with Crippen LogP contribution in [0.25, 0.3) is 0 Å². The minimum absolute atomic E-state index is 0.178. The highest BCUT2D eigenvalue weighted by molar-refractivity contribution is 5.85. The van der Waals surface area contributed by atoms with Crippen molar-refractivity contribution in [3.05, 3.63) is 0 Å². The second-order valence-corrected chi connectivity index (χ2v) is 7.32. The number of hydrogen-bond acceptors (Lipinski definition) is 4. The highest BCUT2D eigenvalue weighted by Gasteiger charge is 2.43. The van der Waals surface area contributed by atoms with Crippen molar-refractivity contribution < 1.29 is 4.79 Å². The first-order chi connectivity index (χ1) is 9.84. The number of amides is 1. The summed E-state index contributed by atoms with van der Waals surface area (Å²) in [5, 5.41) is 3.47. The van der Waals surface area contributed by atoms with Gasteiger partial charge < -0.3 is 16.0 Å². The van der Waals surface area contributed by atoms with E-state index >= 15 is 0 Å². The number of nitrogens with one attached hydrogen (secondary N) is 1. The number of hydrogen-bond donors (Lipinski definition) is 2. The SMILES string of the molecule is CC(C)NC1(C(N)=O)CCCC(N2CCN(C)C(C)C2)C1. The lowest BCUT2D eigenvalue weighted by molar-refractivity contribution is -0.127. The number of piperazine rings is 1. The summed E-state index contributed by atoms with van der Waals surface area (Å²) < 4.78 is 0. The topological polar surface area (TPSA) is 61.6 Å². The van der Waals surface area contributed by atoms with Crippen LogP contribution in [0.3, 0.4) is 0 Å². The predicted octanol–water partition coefficient (Wildman–Crippen LogP) is 0.787. The van der Waals surface area contributed by atoms with Gasteiger partial charge in [0.15, 0.2) is 0 Å². The smallest absolute Gasteiger partial charge is 0.237 e. The maximum Gasteiger partial charge on any atom is 0.237 e. The Labute approximate surface area is 129 Å². The molecule has 1 heterocycles. The van der Waals surface area contributed by atoms with E-state index in [2.05, 4.69) is 42.9 Å². The molecule has 3 unspecified atom stereocenters. The quantitative estimate of drug-likeness (QED) is 0.805. The number of nitrogens with zero attached hydrogens (tertiary/aromatic N) is 2. The van der Waals surface area contributed by atoms with Crippen LogP contribution in [0.2, 0.25) is 0 Å². The molecular weight excluding hydrogens is 264 g/mol. The molecule has 2 aliphatic rings. The third kappa shape index (κ3) is 3.76. The second kappa shape index (κ2) is 6.63. The molecule has 5 heteroatoms. The van der Waals surface area contributed by atoms with Crippen molar-refractivity contribution in [2.75, 3.05) is 26.7 Å². The molecule has 0 aromatic rings. The summed E-state index contributed by atoms with van der Waals surface area (Å²) in [6, 6.07) is 1.35. The summed E-state index contributed by atoms with van der Waals surface area (Å²) >= 11 is 0.